The zero-order chi connectivity index (χ0) is 10.5. The summed E-state index contributed by atoms with van der Waals surface area (Å²) in [6.45, 7) is 2.06. The summed E-state index contributed by atoms with van der Waals surface area (Å²) in [5.41, 5.74) is 1.21. The van der Waals surface area contributed by atoms with E-state index < -0.39 is 0 Å². The fourth-order valence-electron chi connectivity index (χ4n) is 1.45. The number of rotatable bonds is 2. The molecule has 1 heteroatoms. The molecule has 0 N–H and O–H groups in total. The van der Waals surface area contributed by atoms with E-state index in [9.17, 15) is 0 Å². The van der Waals surface area contributed by atoms with Crippen molar-refractivity contribution in [2.24, 2.45) is 0 Å². The first kappa shape index (κ1) is 9.78. The lowest BCUT2D eigenvalue weighted by Gasteiger charge is -2.06. The van der Waals surface area contributed by atoms with E-state index in [2.05, 4.69) is 25.1 Å². The molecule has 0 unspecified atom stereocenters. The lowest BCUT2D eigenvalue weighted by Crippen LogP contribution is -1.91. The molecule has 0 saturated heterocycles. The SMILES string of the molecule is Cc1cccc(OC2=CCC=CC=C2)c1. The first-order valence-electron chi connectivity index (χ1n) is 5.12. The molecule has 1 nitrogen and oxygen atoms in total. The highest BCUT2D eigenvalue weighted by Crippen LogP contribution is 2.17. The van der Waals surface area contributed by atoms with Crippen LogP contribution in [0.3, 0.4) is 0 Å². The van der Waals surface area contributed by atoms with Crippen LogP contribution in [0.25, 0.3) is 0 Å². The normalized spacial score (nSPS) is 14.6. The van der Waals surface area contributed by atoms with E-state index >= 15 is 0 Å². The molecule has 1 aromatic rings. The summed E-state index contributed by atoms with van der Waals surface area (Å²) in [6.07, 6.45) is 11.1. The van der Waals surface area contributed by atoms with Crippen LogP contribution >= 0.6 is 0 Å². The van der Waals surface area contributed by atoms with Crippen LogP contribution in [0.5, 0.6) is 5.75 Å². The van der Waals surface area contributed by atoms with Crippen molar-refractivity contribution in [2.45, 2.75) is 13.3 Å². The summed E-state index contributed by atoms with van der Waals surface area (Å²) in [4.78, 5) is 0. The van der Waals surface area contributed by atoms with Gasteiger partial charge < -0.3 is 4.74 Å². The van der Waals surface area contributed by atoms with E-state index in [4.69, 9.17) is 4.74 Å². The van der Waals surface area contributed by atoms with Gasteiger partial charge in [0.1, 0.15) is 11.5 Å². The Morgan fingerprint density at radius 3 is 3.00 bits per heavy atom. The number of ether oxygens (including phenoxy) is 1. The maximum atomic E-state index is 5.75. The molecule has 0 aliphatic heterocycles. The van der Waals surface area contributed by atoms with E-state index in [0.717, 1.165) is 17.9 Å². The number of benzene rings is 1. The third kappa shape index (κ3) is 2.84. The Bertz CT molecular complexity index is 425. The molecule has 2 rings (SSSR count). The van der Waals surface area contributed by atoms with Crippen LogP contribution in [0.2, 0.25) is 0 Å². The molecular formula is C14H14O. The van der Waals surface area contributed by atoms with Crippen molar-refractivity contribution >= 4 is 0 Å². The van der Waals surface area contributed by atoms with Crippen molar-refractivity contribution in [3.63, 3.8) is 0 Å². The largest absolute Gasteiger partial charge is 0.458 e. The smallest absolute Gasteiger partial charge is 0.127 e. The monoisotopic (exact) mass is 198 g/mol. The van der Waals surface area contributed by atoms with Crippen LogP contribution in [0.1, 0.15) is 12.0 Å². The zero-order valence-corrected chi connectivity index (χ0v) is 8.81. The van der Waals surface area contributed by atoms with Gasteiger partial charge in [-0.2, -0.15) is 0 Å². The molecule has 0 atom stereocenters. The van der Waals surface area contributed by atoms with E-state index in [-0.39, 0.29) is 0 Å². The van der Waals surface area contributed by atoms with Gasteiger partial charge in [-0.05, 0) is 43.2 Å². The summed E-state index contributed by atoms with van der Waals surface area (Å²) in [5, 5.41) is 0. The van der Waals surface area contributed by atoms with Crippen LogP contribution in [-0.2, 0) is 0 Å². The first-order chi connectivity index (χ1) is 7.34. The standard InChI is InChI=1S/C14H14O/c1-12-7-6-10-14(11-12)15-13-8-4-2-3-5-9-13/h2-4,6-11H,5H2,1H3. The molecule has 0 amide bonds. The highest BCUT2D eigenvalue weighted by Gasteiger charge is 1.98. The van der Waals surface area contributed by atoms with Gasteiger partial charge in [0.25, 0.3) is 0 Å². The lowest BCUT2D eigenvalue weighted by atomic mass is 10.2. The molecular weight excluding hydrogens is 184 g/mol. The summed E-state index contributed by atoms with van der Waals surface area (Å²) in [7, 11) is 0. The van der Waals surface area contributed by atoms with E-state index in [1.807, 2.05) is 36.4 Å². The summed E-state index contributed by atoms with van der Waals surface area (Å²) >= 11 is 0. The molecule has 0 fully saturated rings. The highest BCUT2D eigenvalue weighted by atomic mass is 16.5. The summed E-state index contributed by atoms with van der Waals surface area (Å²) < 4.78 is 5.75. The van der Waals surface area contributed by atoms with Gasteiger partial charge >= 0.3 is 0 Å². The highest BCUT2D eigenvalue weighted by molar-refractivity contribution is 5.32. The second-order valence-corrected chi connectivity index (χ2v) is 3.55. The molecule has 0 spiro atoms. The van der Waals surface area contributed by atoms with Crippen LogP contribution < -0.4 is 4.74 Å². The van der Waals surface area contributed by atoms with Crippen molar-refractivity contribution in [3.8, 4) is 5.75 Å². The average molecular weight is 198 g/mol. The minimum Gasteiger partial charge on any atom is -0.458 e. The van der Waals surface area contributed by atoms with Crippen LogP contribution in [0.15, 0.2) is 60.4 Å². The van der Waals surface area contributed by atoms with Gasteiger partial charge in [0.15, 0.2) is 0 Å². The van der Waals surface area contributed by atoms with Crippen LogP contribution in [-0.4, -0.2) is 0 Å². The Morgan fingerprint density at radius 1 is 1.20 bits per heavy atom. The number of hydrogen-bond acceptors (Lipinski definition) is 1. The number of hydrogen-bond donors (Lipinski definition) is 0. The molecule has 76 valence electrons. The van der Waals surface area contributed by atoms with Crippen molar-refractivity contribution in [3.05, 3.63) is 66.0 Å². The first-order valence-corrected chi connectivity index (χ1v) is 5.12. The molecule has 1 aliphatic carbocycles. The van der Waals surface area contributed by atoms with Crippen molar-refractivity contribution in [1.29, 1.82) is 0 Å². The van der Waals surface area contributed by atoms with Gasteiger partial charge in [-0.3, -0.25) is 0 Å². The van der Waals surface area contributed by atoms with Gasteiger partial charge in [0, 0.05) is 0 Å². The van der Waals surface area contributed by atoms with Gasteiger partial charge in [0.2, 0.25) is 0 Å². The van der Waals surface area contributed by atoms with Gasteiger partial charge in [0.05, 0.1) is 0 Å². The van der Waals surface area contributed by atoms with Crippen LogP contribution in [0.4, 0.5) is 0 Å². The van der Waals surface area contributed by atoms with E-state index in [1.165, 1.54) is 5.56 Å². The Hall–Kier alpha value is -1.76. The Labute approximate surface area is 90.4 Å². The maximum Gasteiger partial charge on any atom is 0.127 e. The lowest BCUT2D eigenvalue weighted by molar-refractivity contribution is 0.442. The summed E-state index contributed by atoms with van der Waals surface area (Å²) in [6, 6.07) is 8.07. The van der Waals surface area contributed by atoms with Gasteiger partial charge in [-0.1, -0.05) is 30.4 Å². The molecule has 1 aromatic carbocycles. The molecule has 15 heavy (non-hydrogen) atoms. The second-order valence-electron chi connectivity index (χ2n) is 3.55. The second kappa shape index (κ2) is 4.65. The minimum absolute atomic E-state index is 0.896. The zero-order valence-electron chi connectivity index (χ0n) is 8.81. The average Bonchev–Trinajstić information content (AvgIpc) is 2.46. The molecule has 0 aromatic heterocycles. The topological polar surface area (TPSA) is 9.23 Å². The third-order valence-corrected chi connectivity index (χ3v) is 2.19. The Kier molecular flexibility index (Phi) is 3.03. The third-order valence-electron chi connectivity index (χ3n) is 2.19. The van der Waals surface area contributed by atoms with E-state index in [1.54, 1.807) is 0 Å². The quantitative estimate of drug-likeness (QED) is 0.702. The Balaban J connectivity index is 2.12. The number of allylic oxidation sites excluding steroid dienone is 5. The van der Waals surface area contributed by atoms with Crippen molar-refractivity contribution < 1.29 is 4.74 Å². The Morgan fingerprint density at radius 2 is 2.13 bits per heavy atom. The fourth-order valence-corrected chi connectivity index (χ4v) is 1.45. The fraction of sp³-hybridized carbons (Fsp3) is 0.143. The predicted octanol–water partition coefficient (Wildman–Crippen LogP) is 3.77. The molecule has 0 heterocycles. The molecule has 0 bridgehead atoms. The predicted molar refractivity (Wildman–Crippen MR) is 62.8 cm³/mol. The van der Waals surface area contributed by atoms with Crippen LogP contribution in [0, 0.1) is 6.92 Å². The molecule has 0 radical (unpaired) electrons. The van der Waals surface area contributed by atoms with Crippen molar-refractivity contribution in [2.75, 3.05) is 0 Å². The molecule has 1 aliphatic rings. The molecule has 0 saturated carbocycles. The van der Waals surface area contributed by atoms with Gasteiger partial charge in [-0.15, -0.1) is 0 Å². The maximum absolute atomic E-state index is 5.75. The number of aryl methyl sites for hydroxylation is 1. The van der Waals surface area contributed by atoms with Crippen molar-refractivity contribution in [1.82, 2.24) is 0 Å². The summed E-state index contributed by atoms with van der Waals surface area (Å²) in [5.74, 6) is 1.80. The van der Waals surface area contributed by atoms with Gasteiger partial charge in [-0.25, -0.2) is 0 Å². The minimum atomic E-state index is 0.896. The van der Waals surface area contributed by atoms with E-state index in [0.29, 0.717) is 0 Å².